The summed E-state index contributed by atoms with van der Waals surface area (Å²) in [5, 5.41) is 8.92. The smallest absolute Gasteiger partial charge is 0.126 e. The first kappa shape index (κ1) is 62.2. The number of rotatable bonds is 3. The Hall–Kier alpha value is -3.93. The van der Waals surface area contributed by atoms with Crippen molar-refractivity contribution >= 4 is 31.9 Å². The van der Waals surface area contributed by atoms with Crippen LogP contribution in [0.4, 0.5) is 0 Å². The summed E-state index contributed by atoms with van der Waals surface area (Å²) in [5.74, 6) is 2.13. The Bertz CT molecular complexity index is 986. The molecule has 0 saturated heterocycles. The average Bonchev–Trinajstić information content (AvgIpc) is 3.91. The molecule has 1 saturated carbocycles. The molecule has 2 N–H and O–H groups in total. The first-order chi connectivity index (χ1) is 24.2. The Kier molecular flexibility index (Phi) is 67.7. The van der Waals surface area contributed by atoms with Gasteiger partial charge >= 0.3 is 0 Å². The van der Waals surface area contributed by atoms with E-state index < -0.39 is 0 Å². The maximum Gasteiger partial charge on any atom is 0.126 e. The van der Waals surface area contributed by atoms with Crippen LogP contribution in [0.25, 0.3) is 0 Å². The van der Waals surface area contributed by atoms with Crippen LogP contribution >= 0.6 is 0 Å². The topological polar surface area (TPSA) is 104 Å². The molecule has 0 heterocycles. The van der Waals surface area contributed by atoms with Gasteiger partial charge in [0.2, 0.25) is 0 Å². The number of hydrogen-bond donors (Lipinski definition) is 2. The largest absolute Gasteiger partial charge is 0.394 e. The van der Waals surface area contributed by atoms with Crippen molar-refractivity contribution in [1.29, 1.82) is 5.41 Å². The van der Waals surface area contributed by atoms with Crippen LogP contribution in [0.5, 0.6) is 0 Å². The maximum absolute atomic E-state index is 9.44. The lowest BCUT2D eigenvalue weighted by molar-refractivity contribution is -0.115. The van der Waals surface area contributed by atoms with Crippen LogP contribution in [-0.2, 0) is 38.4 Å². The van der Waals surface area contributed by atoms with E-state index in [1.807, 2.05) is 46.7 Å². The molecule has 2 aliphatic carbocycles. The molecule has 1 fully saturated rings. The van der Waals surface area contributed by atoms with E-state index >= 15 is 0 Å². The van der Waals surface area contributed by atoms with Gasteiger partial charge in [-0.25, -0.2) is 0 Å². The lowest BCUT2D eigenvalue weighted by Crippen LogP contribution is -2.02. The Morgan fingerprint density at radius 3 is 1.39 bits per heavy atom. The molecule has 0 bridgehead atoms. The summed E-state index contributed by atoms with van der Waals surface area (Å²) in [5.41, 5.74) is 7.36. The van der Waals surface area contributed by atoms with Crippen LogP contribution in [0.3, 0.4) is 0 Å². The van der Waals surface area contributed by atoms with Crippen molar-refractivity contribution in [3.8, 4) is 0 Å². The minimum Gasteiger partial charge on any atom is -0.394 e. The molecule has 0 unspecified atom stereocenters. The molecule has 0 spiro atoms. The minimum absolute atomic E-state index is 0.167. The molecule has 2 aliphatic rings. The number of aldehydes is 1. The summed E-state index contributed by atoms with van der Waals surface area (Å²) in [6.45, 7) is 32.7. The van der Waals surface area contributed by atoms with Crippen LogP contribution in [-0.4, -0.2) is 38.9 Å². The Labute approximate surface area is 316 Å². The van der Waals surface area contributed by atoms with E-state index in [2.05, 4.69) is 103 Å². The van der Waals surface area contributed by atoms with Crippen molar-refractivity contribution in [1.82, 2.24) is 5.32 Å². The first-order valence-corrected chi connectivity index (χ1v) is 18.1. The van der Waals surface area contributed by atoms with Crippen molar-refractivity contribution in [3.63, 3.8) is 0 Å². The van der Waals surface area contributed by atoms with Crippen LogP contribution < -0.4 is 5.32 Å². The summed E-state index contributed by atoms with van der Waals surface area (Å²) in [4.78, 5) is 34.2. The summed E-state index contributed by atoms with van der Waals surface area (Å²) in [6, 6.07) is 15.5. The molecule has 6 heteroatoms. The van der Waals surface area contributed by atoms with Crippen molar-refractivity contribution in [2.24, 2.45) is 11.8 Å². The molecule has 0 aromatic heterocycles. The van der Waals surface area contributed by atoms with E-state index in [1.165, 1.54) is 95.0 Å². The normalized spacial score (nSPS) is 10.5. The number of ketones is 1. The predicted octanol–water partition coefficient (Wildman–Crippen LogP) is 11.9. The molecule has 0 atom stereocenters. The number of benzene rings is 2. The predicted molar refractivity (Wildman–Crippen MR) is 228 cm³/mol. The fourth-order valence-electron chi connectivity index (χ4n) is 2.98. The Balaban J connectivity index is -0.0000000887. The van der Waals surface area contributed by atoms with Gasteiger partial charge in [-0.1, -0.05) is 120 Å². The molecule has 4 rings (SSSR count). The summed E-state index contributed by atoms with van der Waals surface area (Å²) in [6.07, 6.45) is 18.4. The zero-order valence-electron chi connectivity index (χ0n) is 35.5. The van der Waals surface area contributed by atoms with Gasteiger partial charge in [-0.05, 0) is 128 Å². The third kappa shape index (κ3) is 72.7. The fourth-order valence-corrected chi connectivity index (χ4v) is 2.98. The zero-order valence-corrected chi connectivity index (χ0v) is 35.5. The second kappa shape index (κ2) is 55.5. The van der Waals surface area contributed by atoms with Gasteiger partial charge in [0.25, 0.3) is 0 Å². The molecule has 6 nitrogen and oxygen atoms in total. The number of carbonyl (C=O) groups is 4. The first-order valence-electron chi connectivity index (χ1n) is 18.1. The highest BCUT2D eigenvalue weighted by molar-refractivity contribution is 5.72. The van der Waals surface area contributed by atoms with E-state index in [1.54, 1.807) is 24.1 Å². The van der Waals surface area contributed by atoms with Crippen molar-refractivity contribution < 1.29 is 19.2 Å². The van der Waals surface area contributed by atoms with Gasteiger partial charge in [0.05, 0.1) is 0 Å². The number of fused-ring (bicyclic) bond motifs is 1. The lowest BCUT2D eigenvalue weighted by atomic mass is 9.90. The fraction of sp³-hybridized carbons (Fsp3) is 0.533. The number of hydrogen-bond acceptors (Lipinski definition) is 6. The zero-order chi connectivity index (χ0) is 41.5. The number of carbonyl (C=O) groups excluding carboxylic acids is 4. The molecule has 294 valence electrons. The van der Waals surface area contributed by atoms with E-state index in [9.17, 15) is 4.79 Å². The van der Waals surface area contributed by atoms with Gasteiger partial charge in [0, 0.05) is 7.05 Å². The number of aryl methyl sites for hydroxylation is 5. The molecular weight excluding hydrogens is 633 g/mol. The highest BCUT2D eigenvalue weighted by atomic mass is 16.1. The third-order valence-corrected chi connectivity index (χ3v) is 6.06. The molecule has 0 amide bonds. The highest BCUT2D eigenvalue weighted by Crippen LogP contribution is 2.26. The molecule has 2 aromatic carbocycles. The van der Waals surface area contributed by atoms with Crippen molar-refractivity contribution in [3.05, 3.63) is 95.2 Å². The van der Waals surface area contributed by atoms with Crippen LogP contribution in [0.15, 0.2) is 67.4 Å². The van der Waals surface area contributed by atoms with E-state index in [-0.39, 0.29) is 5.78 Å². The number of Topliss-reactive ketones (excluding diaryl/α,β-unsaturated/α-hetero) is 1. The van der Waals surface area contributed by atoms with E-state index in [0.29, 0.717) is 0 Å². The van der Waals surface area contributed by atoms with Crippen LogP contribution in [0.1, 0.15) is 136 Å². The molecule has 51 heavy (non-hydrogen) atoms. The summed E-state index contributed by atoms with van der Waals surface area (Å²) >= 11 is 0. The minimum atomic E-state index is 0.167. The average molecular weight is 713 g/mol. The van der Waals surface area contributed by atoms with Crippen LogP contribution in [0, 0.1) is 31.1 Å². The molecular formula is C45H80N2O4. The second-order valence-electron chi connectivity index (χ2n) is 11.9. The van der Waals surface area contributed by atoms with Crippen molar-refractivity contribution in [2.75, 3.05) is 7.05 Å². The van der Waals surface area contributed by atoms with Gasteiger partial charge in [0.15, 0.2) is 0 Å². The standard InChI is InChI=1S/C12H16.C8H10.C5H12.C4H9N.C4H8.C3H6O.C3H6.C2H5N.C2H4O.2CH2O/c1-2-10-7-8-11-5-3-4-6-12(11)9-10;1-7-3-5-8(2)6-4-7;1-4-5(2)3;1-3-4-5-2;1-4-2-3-4;1-3(2)4;1-3-2;2*1-2-3;2*1-2/h7-9H,2-6H2,1H3;3-6H,1-2H3;5H,4H2,1-3H3;3-5H,1-2H3;4H,2-3H2,1H3;1-2H3;3H,1H2,2H3;2-3H,1H3;2H,1H3;2*1H2/b;;;4-3-;;;;;;;. The highest BCUT2D eigenvalue weighted by Gasteiger charge is 2.12. The van der Waals surface area contributed by atoms with Gasteiger partial charge < -0.3 is 29.9 Å². The van der Waals surface area contributed by atoms with E-state index in [4.69, 9.17) is 19.8 Å². The number of nitrogens with one attached hydrogen (secondary N) is 2. The van der Waals surface area contributed by atoms with Gasteiger partial charge in [0.1, 0.15) is 25.6 Å². The quantitative estimate of drug-likeness (QED) is 0.187. The summed E-state index contributed by atoms with van der Waals surface area (Å²) in [7, 11) is 1.88. The van der Waals surface area contributed by atoms with Crippen molar-refractivity contribution in [2.45, 2.75) is 141 Å². The molecule has 2 aromatic rings. The SMILES string of the molecule is C/C=C\NC.C=CC.C=O.C=O.CC(C)=O.CC1CC1.CC=N.CC=O.CCC(C)C.CCc1ccc2c(c1)CCCC2.Cc1ccc(C)cc1. The lowest BCUT2D eigenvalue weighted by Gasteiger charge is -2.15. The third-order valence-electron chi connectivity index (χ3n) is 6.06. The van der Waals surface area contributed by atoms with Gasteiger partial charge in [-0.15, -0.1) is 6.58 Å². The Morgan fingerprint density at radius 2 is 1.18 bits per heavy atom. The number of allylic oxidation sites excluding steroid dienone is 2. The Morgan fingerprint density at radius 1 is 0.863 bits per heavy atom. The van der Waals surface area contributed by atoms with Gasteiger partial charge in [-0.3, -0.25) is 0 Å². The van der Waals surface area contributed by atoms with Crippen LogP contribution in [0.2, 0.25) is 0 Å². The maximum atomic E-state index is 9.44. The van der Waals surface area contributed by atoms with E-state index in [0.717, 1.165) is 18.1 Å². The van der Waals surface area contributed by atoms with Gasteiger partial charge in [-0.2, -0.15) is 0 Å². The monoisotopic (exact) mass is 713 g/mol. The second-order valence-corrected chi connectivity index (χ2v) is 11.9. The summed E-state index contributed by atoms with van der Waals surface area (Å²) < 4.78 is 0. The molecule has 0 radical (unpaired) electrons. The molecule has 0 aliphatic heterocycles.